The van der Waals surface area contributed by atoms with Crippen molar-refractivity contribution in [2.24, 2.45) is 4.99 Å². The van der Waals surface area contributed by atoms with Crippen molar-refractivity contribution in [2.45, 2.75) is 39.3 Å². The number of aliphatic imine (C=N–C) groups is 1. The first-order valence-electron chi connectivity index (χ1n) is 9.54. The Morgan fingerprint density at radius 3 is 2.89 bits per heavy atom. The predicted octanol–water partition coefficient (Wildman–Crippen LogP) is 2.99. The van der Waals surface area contributed by atoms with Crippen molar-refractivity contribution in [3.8, 4) is 0 Å². The molecule has 2 heterocycles. The number of hydrogen-bond donors (Lipinski definition) is 2. The molecule has 1 unspecified atom stereocenters. The first kappa shape index (κ1) is 19.5. The number of hydrogen-bond acceptors (Lipinski definition) is 3. The molecule has 2 aromatic rings. The van der Waals surface area contributed by atoms with Gasteiger partial charge in [-0.2, -0.15) is 5.10 Å². The molecule has 1 aliphatic rings. The summed E-state index contributed by atoms with van der Waals surface area (Å²) in [6, 6.07) is 10.5. The fourth-order valence-corrected chi connectivity index (χ4v) is 3.69. The third-order valence-electron chi connectivity index (χ3n) is 4.87. The van der Waals surface area contributed by atoms with Crippen LogP contribution in [0.15, 0.2) is 35.3 Å². The second-order valence-electron chi connectivity index (χ2n) is 7.06. The van der Waals surface area contributed by atoms with Gasteiger partial charge in [0.25, 0.3) is 0 Å². The number of halogens is 1. The van der Waals surface area contributed by atoms with E-state index in [9.17, 15) is 0 Å². The maximum atomic E-state index is 6.12. The molecule has 7 heteroatoms. The summed E-state index contributed by atoms with van der Waals surface area (Å²) in [6.07, 6.45) is 2.08. The van der Waals surface area contributed by atoms with Gasteiger partial charge in [0.15, 0.2) is 5.96 Å². The molecule has 1 atom stereocenters. The third kappa shape index (κ3) is 5.39. The van der Waals surface area contributed by atoms with E-state index < -0.39 is 0 Å². The summed E-state index contributed by atoms with van der Waals surface area (Å²) in [7, 11) is 1.82. The molecule has 0 amide bonds. The lowest BCUT2D eigenvalue weighted by Gasteiger charge is -2.20. The highest BCUT2D eigenvalue weighted by atomic mass is 35.5. The number of aryl methyl sites for hydroxylation is 3. The zero-order chi connectivity index (χ0) is 19.2. The Morgan fingerprint density at radius 2 is 2.19 bits per heavy atom. The molecule has 27 heavy (non-hydrogen) atoms. The van der Waals surface area contributed by atoms with Crippen LogP contribution in [0.4, 0.5) is 5.69 Å². The molecule has 0 bridgehead atoms. The number of guanidine groups is 1. The van der Waals surface area contributed by atoms with Crippen LogP contribution in [-0.4, -0.2) is 48.5 Å². The van der Waals surface area contributed by atoms with Crippen LogP contribution in [0.2, 0.25) is 5.02 Å². The maximum absolute atomic E-state index is 6.12. The third-order valence-corrected chi connectivity index (χ3v) is 5.10. The molecule has 0 saturated carbocycles. The number of benzene rings is 1. The second-order valence-corrected chi connectivity index (χ2v) is 7.50. The molecule has 0 spiro atoms. The number of rotatable bonds is 6. The first-order chi connectivity index (χ1) is 13.0. The van der Waals surface area contributed by atoms with Gasteiger partial charge in [0.2, 0.25) is 0 Å². The summed E-state index contributed by atoms with van der Waals surface area (Å²) in [5.74, 6) is 0.862. The lowest BCUT2D eigenvalue weighted by atomic mass is 10.2. The Bertz CT molecular complexity index is 785. The molecular weight excluding hydrogens is 360 g/mol. The molecule has 6 nitrogen and oxygen atoms in total. The molecule has 0 aliphatic carbocycles. The average Bonchev–Trinajstić information content (AvgIpc) is 3.23. The minimum Gasteiger partial charge on any atom is -0.369 e. The van der Waals surface area contributed by atoms with Crippen LogP contribution in [0.25, 0.3) is 0 Å². The number of nitrogens with zero attached hydrogens (tertiary/aromatic N) is 4. The topological polar surface area (TPSA) is 57.5 Å². The Morgan fingerprint density at radius 1 is 1.33 bits per heavy atom. The quantitative estimate of drug-likeness (QED) is 0.453. The van der Waals surface area contributed by atoms with Crippen molar-refractivity contribution in [2.75, 3.05) is 31.6 Å². The highest BCUT2D eigenvalue weighted by Crippen LogP contribution is 2.23. The van der Waals surface area contributed by atoms with Gasteiger partial charge in [-0.05, 0) is 51.0 Å². The number of anilines is 1. The zero-order valence-corrected chi connectivity index (χ0v) is 17.1. The van der Waals surface area contributed by atoms with Crippen molar-refractivity contribution in [3.05, 3.63) is 46.7 Å². The smallest absolute Gasteiger partial charge is 0.191 e. The van der Waals surface area contributed by atoms with E-state index in [0.717, 1.165) is 55.7 Å². The van der Waals surface area contributed by atoms with Crippen LogP contribution < -0.4 is 15.5 Å². The fraction of sp³-hybridized carbons (Fsp3) is 0.500. The van der Waals surface area contributed by atoms with Gasteiger partial charge in [0, 0.05) is 55.7 Å². The number of nitrogens with one attached hydrogen (secondary N) is 2. The fourth-order valence-electron chi connectivity index (χ4n) is 3.51. The minimum atomic E-state index is 0.381. The van der Waals surface area contributed by atoms with E-state index in [1.165, 1.54) is 11.4 Å². The van der Waals surface area contributed by atoms with Crippen molar-refractivity contribution in [1.82, 2.24) is 20.4 Å². The molecule has 1 aliphatic heterocycles. The summed E-state index contributed by atoms with van der Waals surface area (Å²) < 4.78 is 2.06. The van der Waals surface area contributed by atoms with Crippen LogP contribution in [0.5, 0.6) is 0 Å². The van der Waals surface area contributed by atoms with Crippen LogP contribution in [0.1, 0.15) is 24.2 Å². The van der Waals surface area contributed by atoms with E-state index in [1.54, 1.807) is 0 Å². The van der Waals surface area contributed by atoms with Gasteiger partial charge < -0.3 is 15.5 Å². The van der Waals surface area contributed by atoms with Crippen molar-refractivity contribution >= 4 is 23.2 Å². The van der Waals surface area contributed by atoms with Crippen molar-refractivity contribution in [3.63, 3.8) is 0 Å². The van der Waals surface area contributed by atoms with E-state index in [-0.39, 0.29) is 0 Å². The van der Waals surface area contributed by atoms with E-state index >= 15 is 0 Å². The Balaban J connectivity index is 1.42. The van der Waals surface area contributed by atoms with E-state index in [0.29, 0.717) is 6.04 Å². The Kier molecular flexibility index (Phi) is 6.61. The molecule has 2 N–H and O–H groups in total. The lowest BCUT2D eigenvalue weighted by molar-refractivity contribution is 0.552. The summed E-state index contributed by atoms with van der Waals surface area (Å²) in [4.78, 5) is 6.72. The first-order valence-corrected chi connectivity index (χ1v) is 9.91. The molecule has 1 fully saturated rings. The zero-order valence-electron chi connectivity index (χ0n) is 16.4. The van der Waals surface area contributed by atoms with Gasteiger partial charge in [0.05, 0.1) is 5.69 Å². The van der Waals surface area contributed by atoms with Crippen LogP contribution in [0.3, 0.4) is 0 Å². The average molecular weight is 389 g/mol. The molecule has 1 aromatic carbocycles. The van der Waals surface area contributed by atoms with Gasteiger partial charge in [-0.25, -0.2) is 0 Å². The van der Waals surface area contributed by atoms with Crippen LogP contribution in [-0.2, 0) is 6.54 Å². The minimum absolute atomic E-state index is 0.381. The highest BCUT2D eigenvalue weighted by Gasteiger charge is 2.23. The largest absolute Gasteiger partial charge is 0.369 e. The summed E-state index contributed by atoms with van der Waals surface area (Å²) in [5.41, 5.74) is 3.46. The Hall–Kier alpha value is -2.21. The Labute approximate surface area is 166 Å². The van der Waals surface area contributed by atoms with Crippen LogP contribution in [0, 0.1) is 13.8 Å². The van der Waals surface area contributed by atoms with Crippen LogP contribution >= 0.6 is 11.6 Å². The molecule has 146 valence electrons. The van der Waals surface area contributed by atoms with Gasteiger partial charge >= 0.3 is 0 Å². The monoisotopic (exact) mass is 388 g/mol. The predicted molar refractivity (Wildman–Crippen MR) is 113 cm³/mol. The molecule has 1 saturated heterocycles. The second kappa shape index (κ2) is 9.13. The standard InChI is InChI=1S/C20H29ClN6/c1-15-12-16(2)27(25-15)10-5-9-23-20(22-3)24-18-8-11-26(14-18)19-7-4-6-17(21)13-19/h4,6-7,12-13,18H,5,8-11,14H2,1-3H3,(H2,22,23,24). The lowest BCUT2D eigenvalue weighted by Crippen LogP contribution is -2.45. The van der Waals surface area contributed by atoms with Gasteiger partial charge in [-0.1, -0.05) is 17.7 Å². The van der Waals surface area contributed by atoms with Crippen molar-refractivity contribution < 1.29 is 0 Å². The normalized spacial score (nSPS) is 17.4. The molecule has 3 rings (SSSR count). The van der Waals surface area contributed by atoms with E-state index in [2.05, 4.69) is 49.4 Å². The highest BCUT2D eigenvalue weighted by molar-refractivity contribution is 6.30. The molecule has 0 radical (unpaired) electrons. The van der Waals surface area contributed by atoms with E-state index in [4.69, 9.17) is 11.6 Å². The maximum Gasteiger partial charge on any atom is 0.191 e. The number of aromatic nitrogens is 2. The molecule has 1 aromatic heterocycles. The SMILES string of the molecule is CN=C(NCCCn1nc(C)cc1C)NC1CCN(c2cccc(Cl)c2)C1. The van der Waals surface area contributed by atoms with Gasteiger partial charge in [-0.3, -0.25) is 9.67 Å². The van der Waals surface area contributed by atoms with E-state index in [1.807, 2.05) is 32.2 Å². The molecular formula is C20H29ClN6. The van der Waals surface area contributed by atoms with Gasteiger partial charge in [-0.15, -0.1) is 0 Å². The summed E-state index contributed by atoms with van der Waals surface area (Å²) in [6.45, 7) is 7.87. The van der Waals surface area contributed by atoms with Crippen molar-refractivity contribution in [1.29, 1.82) is 0 Å². The summed E-state index contributed by atoms with van der Waals surface area (Å²) in [5, 5.41) is 12.2. The van der Waals surface area contributed by atoms with Gasteiger partial charge in [0.1, 0.15) is 0 Å². The summed E-state index contributed by atoms with van der Waals surface area (Å²) >= 11 is 6.12.